The molecule has 74 heavy (non-hydrogen) atoms. The minimum atomic E-state index is -4.80. The van der Waals surface area contributed by atoms with Gasteiger partial charge in [-0.05, 0) is 125 Å². The van der Waals surface area contributed by atoms with Crippen molar-refractivity contribution in [2.75, 3.05) is 67.8 Å². The third-order valence-electron chi connectivity index (χ3n) is 17.3. The van der Waals surface area contributed by atoms with Gasteiger partial charge in [-0.2, -0.15) is 4.98 Å². The van der Waals surface area contributed by atoms with E-state index in [4.69, 9.17) is 23.9 Å². The Morgan fingerprint density at radius 2 is 1.73 bits per heavy atom. The first-order valence-corrected chi connectivity index (χ1v) is 27.5. The summed E-state index contributed by atoms with van der Waals surface area (Å²) >= 11 is 0. The molecule has 1 spiro atoms. The molecule has 3 aromatic carbocycles. The van der Waals surface area contributed by atoms with Gasteiger partial charge in [-0.1, -0.05) is 24.3 Å². The van der Waals surface area contributed by atoms with Crippen LogP contribution in [0.25, 0.3) is 11.0 Å². The molecule has 7 aliphatic rings. The second-order valence-corrected chi connectivity index (χ2v) is 23.7. The number of hydrogen-bond acceptors (Lipinski definition) is 15. The number of amides is 1. The highest BCUT2D eigenvalue weighted by Gasteiger charge is 2.51. The number of carbonyl (C=O) groups is 1. The number of hydrogen-bond donors (Lipinski definition) is 4. The number of aryl methyl sites for hydroxylation is 1. The number of alkyl halides is 1. The molecule has 2 aromatic heterocycles. The number of fused-ring (bicyclic) bond motifs is 4. The Labute approximate surface area is 429 Å². The van der Waals surface area contributed by atoms with E-state index in [-0.39, 0.29) is 73.4 Å². The number of anilines is 4. The Hall–Kier alpha value is -6.06. The Kier molecular flexibility index (Phi) is 12.3. The molecule has 0 radical (unpaired) electrons. The van der Waals surface area contributed by atoms with Crippen molar-refractivity contribution in [3.63, 3.8) is 0 Å². The summed E-state index contributed by atoms with van der Waals surface area (Å²) < 4.78 is 71.8. The Morgan fingerprint density at radius 3 is 2.51 bits per heavy atom. The quantitative estimate of drug-likeness (QED) is 0.0813. The van der Waals surface area contributed by atoms with Gasteiger partial charge in [0.2, 0.25) is 5.88 Å². The van der Waals surface area contributed by atoms with E-state index >= 15 is 4.39 Å². The molecular formula is C54H63FN8O10S. The molecule has 18 nitrogen and oxygen atoms in total. The van der Waals surface area contributed by atoms with Crippen LogP contribution in [0.15, 0.2) is 77.8 Å². The molecule has 2 saturated carbocycles. The number of aliphatic hydroxyl groups is 1. The van der Waals surface area contributed by atoms with Crippen LogP contribution in [0.5, 0.6) is 11.6 Å². The average molecular weight is 1040 g/mol. The molecule has 4 atom stereocenters. The molecule has 7 heterocycles. The van der Waals surface area contributed by atoms with Crippen LogP contribution in [-0.4, -0.2) is 127 Å². The lowest BCUT2D eigenvalue weighted by molar-refractivity contribution is -0.384. The van der Waals surface area contributed by atoms with Gasteiger partial charge in [0, 0.05) is 68.3 Å². The second-order valence-electron chi connectivity index (χ2n) is 22.0. The minimum absolute atomic E-state index is 0.00860. The summed E-state index contributed by atoms with van der Waals surface area (Å²) in [5.74, 6) is -0.781. The van der Waals surface area contributed by atoms with Crippen LogP contribution >= 0.6 is 0 Å². The van der Waals surface area contributed by atoms with Crippen LogP contribution in [0, 0.1) is 22.5 Å². The third-order valence-corrected chi connectivity index (χ3v) is 18.6. The van der Waals surface area contributed by atoms with Gasteiger partial charge in [-0.3, -0.25) is 19.8 Å². The predicted molar refractivity (Wildman–Crippen MR) is 275 cm³/mol. The fourth-order valence-electron chi connectivity index (χ4n) is 12.9. The van der Waals surface area contributed by atoms with Crippen molar-refractivity contribution in [1.29, 1.82) is 0 Å². The molecule has 1 amide bonds. The number of halogens is 1. The van der Waals surface area contributed by atoms with E-state index in [0.717, 1.165) is 81.6 Å². The summed E-state index contributed by atoms with van der Waals surface area (Å²) in [6, 6.07) is 19.3. The molecule has 5 aromatic rings. The Morgan fingerprint density at radius 1 is 0.946 bits per heavy atom. The first kappa shape index (κ1) is 48.9. The number of sulfonamides is 1. The van der Waals surface area contributed by atoms with Gasteiger partial charge in [-0.15, -0.1) is 0 Å². The van der Waals surface area contributed by atoms with Crippen molar-refractivity contribution in [1.82, 2.24) is 19.6 Å². The lowest BCUT2D eigenvalue weighted by Gasteiger charge is -2.56. The van der Waals surface area contributed by atoms with Crippen molar-refractivity contribution in [2.45, 2.75) is 124 Å². The highest BCUT2D eigenvalue weighted by atomic mass is 32.2. The van der Waals surface area contributed by atoms with E-state index < -0.39 is 54.9 Å². The molecule has 20 heteroatoms. The molecule has 392 valence electrons. The molecule has 0 unspecified atom stereocenters. The number of carbonyl (C=O) groups excluding carboxylic acids is 1. The zero-order chi connectivity index (χ0) is 51.1. The highest BCUT2D eigenvalue weighted by molar-refractivity contribution is 7.90. The lowest BCUT2D eigenvalue weighted by atomic mass is 9.59. The Balaban J connectivity index is 0.838. The molecular weight excluding hydrogens is 972 g/mol. The molecule has 3 saturated heterocycles. The van der Waals surface area contributed by atoms with Crippen LogP contribution in [-0.2, 0) is 19.5 Å². The molecule has 2 aliphatic carbocycles. The number of piperidine rings is 1. The number of nitro benzene ring substituents is 1. The van der Waals surface area contributed by atoms with Gasteiger partial charge in [0.25, 0.3) is 21.6 Å². The van der Waals surface area contributed by atoms with Crippen LogP contribution in [0.4, 0.5) is 32.8 Å². The number of pyridine rings is 1. The van der Waals surface area contributed by atoms with Crippen molar-refractivity contribution >= 4 is 55.4 Å². The molecule has 5 fully saturated rings. The minimum Gasteiger partial charge on any atom is -0.489 e. The molecule has 4 N–H and O–H groups in total. The van der Waals surface area contributed by atoms with Gasteiger partial charge in [-0.25, -0.2) is 17.5 Å². The van der Waals surface area contributed by atoms with Crippen molar-refractivity contribution < 1.29 is 46.6 Å². The number of aromatic amines is 1. The summed E-state index contributed by atoms with van der Waals surface area (Å²) in [5.41, 5.74) is 1.78. The number of aromatic nitrogens is 2. The fraction of sp³-hybridized carbons (Fsp3) is 0.519. The van der Waals surface area contributed by atoms with Crippen LogP contribution in [0.3, 0.4) is 0 Å². The number of nitrogens with zero attached hydrogens (tertiary/aromatic N) is 5. The van der Waals surface area contributed by atoms with Crippen LogP contribution in [0.1, 0.15) is 98.7 Å². The summed E-state index contributed by atoms with van der Waals surface area (Å²) in [7, 11) is -4.80. The first-order valence-electron chi connectivity index (χ1n) is 26.1. The maximum absolute atomic E-state index is 16.3. The average Bonchev–Trinajstić information content (AvgIpc) is 3.72. The number of ether oxygens (including phenoxy) is 4. The summed E-state index contributed by atoms with van der Waals surface area (Å²) in [4.78, 5) is 41.1. The topological polar surface area (TPSA) is 214 Å². The maximum atomic E-state index is 16.3. The van der Waals surface area contributed by atoms with E-state index in [0.29, 0.717) is 48.6 Å². The molecule has 12 rings (SSSR count). The smallest absolute Gasteiger partial charge is 0.297 e. The van der Waals surface area contributed by atoms with E-state index in [1.165, 1.54) is 11.1 Å². The number of nitrogens with one attached hydrogen (secondary N) is 3. The normalized spacial score (nSPS) is 28.1. The number of H-pyrrole nitrogens is 1. The monoisotopic (exact) mass is 1030 g/mol. The summed E-state index contributed by atoms with van der Waals surface area (Å²) in [6.45, 7) is 8.36. The van der Waals surface area contributed by atoms with Crippen LogP contribution in [0.2, 0.25) is 0 Å². The van der Waals surface area contributed by atoms with Gasteiger partial charge in [0.15, 0.2) is 11.4 Å². The summed E-state index contributed by atoms with van der Waals surface area (Å²) in [6.07, 6.45) is 7.54. The molecule has 0 bridgehead atoms. The van der Waals surface area contributed by atoms with Crippen molar-refractivity contribution in [3.8, 4) is 11.6 Å². The van der Waals surface area contributed by atoms with E-state index in [9.17, 15) is 28.4 Å². The second kappa shape index (κ2) is 18.6. The zero-order valence-electron chi connectivity index (χ0n) is 41.7. The van der Waals surface area contributed by atoms with E-state index in [2.05, 4.69) is 56.0 Å². The largest absolute Gasteiger partial charge is 0.489 e. The number of rotatable bonds is 9. The summed E-state index contributed by atoms with van der Waals surface area (Å²) in [5, 5.41) is 26.8. The van der Waals surface area contributed by atoms with Crippen LogP contribution < -0.4 is 29.3 Å². The zero-order valence-corrected chi connectivity index (χ0v) is 42.5. The van der Waals surface area contributed by atoms with Crippen molar-refractivity contribution in [3.05, 3.63) is 99.7 Å². The lowest BCUT2D eigenvalue weighted by Crippen LogP contribution is -2.56. The highest BCUT2D eigenvalue weighted by Crippen LogP contribution is 2.54. The molecule has 5 aliphatic heterocycles. The number of nitro groups is 1. The third kappa shape index (κ3) is 8.88. The van der Waals surface area contributed by atoms with Gasteiger partial charge >= 0.3 is 0 Å². The standard InChI is InChI=1S/C54H63FN8O10S/c1-33-6-3-4-7-38(33)44-30-70-22-5-19-61(44)36-28-53(29-36)16-20-60(21-17-53)35-8-9-39(41(25-35)62-40-11-23-71-31-46(40)73-51-43(62)24-34-10-18-56-49(34)58-51)50(64)59-74(68,69)37-26-42(63(66)67)48-45(27-37)72-32-47(57-48)54(55)14-12-52(2,65)13-15-54/h3-4,6-10,18,24-27,36,40,44,46-47,57,65H,5,11-17,19-23,28-32H2,1-2H3,(H,56,58)(H,59,64)/t40-,44-,46-,47-,52?,54?/m0/s1. The van der Waals surface area contributed by atoms with E-state index in [1.54, 1.807) is 19.2 Å². The van der Waals surface area contributed by atoms with Crippen molar-refractivity contribution in [2.24, 2.45) is 5.41 Å². The Bertz CT molecular complexity index is 3110. The number of benzene rings is 3. The first-order chi connectivity index (χ1) is 35.6. The van der Waals surface area contributed by atoms with E-state index in [1.807, 2.05) is 29.2 Å². The van der Waals surface area contributed by atoms with Gasteiger partial charge < -0.3 is 44.2 Å². The van der Waals surface area contributed by atoms with Gasteiger partial charge in [0.1, 0.15) is 29.7 Å². The fourth-order valence-corrected chi connectivity index (χ4v) is 13.9. The SMILES string of the molecule is Cc1ccccc1[C@@H]1COCCCN1C1CC2(CCN(c3ccc(C(=O)NS(=O)(=O)c4cc5c(c([N+](=O)[O-])c4)N[C@H](C4(F)CCC(C)(O)CC4)CO5)c(N4c5cc6cc[nH]c6nc5O[C@H]5COCC[C@@H]54)c3)CC2)C1. The van der Waals surface area contributed by atoms with Gasteiger partial charge in [0.05, 0.1) is 58.0 Å². The predicted octanol–water partition coefficient (Wildman–Crippen LogP) is 8.01. The maximum Gasteiger partial charge on any atom is 0.297 e.